The molecule has 1 aromatic heterocycles. The summed E-state index contributed by atoms with van der Waals surface area (Å²) < 4.78 is 10.5. The molecule has 0 bridgehead atoms. The monoisotopic (exact) mass is 208 g/mol. The van der Waals surface area contributed by atoms with E-state index in [9.17, 15) is 0 Å². The molecule has 1 fully saturated rings. The number of pyridine rings is 1. The summed E-state index contributed by atoms with van der Waals surface area (Å²) in [6, 6.07) is 2.07. The van der Waals surface area contributed by atoms with E-state index in [2.05, 4.69) is 11.1 Å². The summed E-state index contributed by atoms with van der Waals surface area (Å²) in [7, 11) is 1.61. The van der Waals surface area contributed by atoms with Crippen LogP contribution in [-0.4, -0.2) is 25.3 Å². The molecule has 0 aliphatic carbocycles. The van der Waals surface area contributed by atoms with Crippen molar-refractivity contribution < 1.29 is 9.47 Å². The average molecular weight is 208 g/mol. The first kappa shape index (κ1) is 10.4. The maximum absolute atomic E-state index is 5.64. The van der Waals surface area contributed by atoms with Crippen molar-refractivity contribution >= 4 is 0 Å². The Kier molecular flexibility index (Phi) is 3.18. The van der Waals surface area contributed by atoms with Crippen LogP contribution >= 0.6 is 0 Å². The highest BCUT2D eigenvalue weighted by molar-refractivity contribution is 5.31. The normalized spacial score (nSPS) is 20.5. The molecule has 1 unspecified atom stereocenters. The van der Waals surface area contributed by atoms with Gasteiger partial charge in [0, 0.05) is 30.8 Å². The number of methoxy groups -OCH3 is 1. The zero-order valence-electron chi connectivity index (χ0n) is 8.90. The first-order valence-corrected chi connectivity index (χ1v) is 5.15. The lowest BCUT2D eigenvalue weighted by Crippen LogP contribution is -2.05. The van der Waals surface area contributed by atoms with Gasteiger partial charge in [0.1, 0.15) is 0 Å². The van der Waals surface area contributed by atoms with Crippen LogP contribution in [0, 0.1) is 0 Å². The standard InChI is InChI=1S/C11H16N2O2/c1-14-11-9(5-12)4-10(6-13-11)8-2-3-15-7-8/h4,6,8H,2-3,5,7,12H2,1H3. The van der Waals surface area contributed by atoms with Gasteiger partial charge in [0.15, 0.2) is 0 Å². The summed E-state index contributed by atoms with van der Waals surface area (Å²) >= 11 is 0. The maximum atomic E-state index is 5.64. The molecular formula is C11H16N2O2. The second-order valence-corrected chi connectivity index (χ2v) is 3.70. The first-order valence-electron chi connectivity index (χ1n) is 5.15. The fourth-order valence-corrected chi connectivity index (χ4v) is 1.87. The molecule has 4 heteroatoms. The third-order valence-electron chi connectivity index (χ3n) is 2.76. The maximum Gasteiger partial charge on any atom is 0.217 e. The Balaban J connectivity index is 2.25. The molecule has 0 spiro atoms. The predicted octanol–water partition coefficient (Wildman–Crippen LogP) is 1.05. The lowest BCUT2D eigenvalue weighted by atomic mass is 9.99. The number of ether oxygens (including phenoxy) is 2. The van der Waals surface area contributed by atoms with E-state index in [-0.39, 0.29) is 0 Å². The van der Waals surface area contributed by atoms with E-state index in [0.29, 0.717) is 18.3 Å². The van der Waals surface area contributed by atoms with Crippen molar-refractivity contribution in [2.75, 3.05) is 20.3 Å². The Morgan fingerprint density at radius 3 is 3.13 bits per heavy atom. The van der Waals surface area contributed by atoms with Crippen molar-refractivity contribution in [2.45, 2.75) is 18.9 Å². The lowest BCUT2D eigenvalue weighted by molar-refractivity contribution is 0.194. The number of nitrogens with zero attached hydrogens (tertiary/aromatic N) is 1. The number of hydrogen-bond donors (Lipinski definition) is 1. The minimum Gasteiger partial charge on any atom is -0.481 e. The van der Waals surface area contributed by atoms with Gasteiger partial charge in [-0.2, -0.15) is 0 Å². The first-order chi connectivity index (χ1) is 7.35. The zero-order chi connectivity index (χ0) is 10.7. The van der Waals surface area contributed by atoms with E-state index in [0.717, 1.165) is 25.2 Å². The van der Waals surface area contributed by atoms with Crippen LogP contribution < -0.4 is 10.5 Å². The van der Waals surface area contributed by atoms with Gasteiger partial charge in [-0.1, -0.05) is 0 Å². The Labute approximate surface area is 89.4 Å². The molecule has 1 saturated heterocycles. The van der Waals surface area contributed by atoms with Crippen molar-refractivity contribution in [1.82, 2.24) is 4.98 Å². The molecule has 0 amide bonds. The van der Waals surface area contributed by atoms with Gasteiger partial charge >= 0.3 is 0 Å². The summed E-state index contributed by atoms with van der Waals surface area (Å²) in [5.74, 6) is 1.09. The van der Waals surface area contributed by atoms with Crippen LogP contribution in [0.1, 0.15) is 23.5 Å². The number of aromatic nitrogens is 1. The van der Waals surface area contributed by atoms with Gasteiger partial charge in [0.2, 0.25) is 5.88 Å². The molecule has 4 nitrogen and oxygen atoms in total. The molecular weight excluding hydrogens is 192 g/mol. The fraction of sp³-hybridized carbons (Fsp3) is 0.545. The zero-order valence-corrected chi connectivity index (χ0v) is 8.90. The Morgan fingerprint density at radius 2 is 2.53 bits per heavy atom. The molecule has 0 aromatic carbocycles. The van der Waals surface area contributed by atoms with Crippen LogP contribution in [0.5, 0.6) is 5.88 Å². The summed E-state index contributed by atoms with van der Waals surface area (Å²) in [5.41, 5.74) is 7.81. The molecule has 1 aliphatic rings. The van der Waals surface area contributed by atoms with E-state index in [1.807, 2.05) is 6.20 Å². The largest absolute Gasteiger partial charge is 0.481 e. The van der Waals surface area contributed by atoms with Gasteiger partial charge < -0.3 is 15.2 Å². The van der Waals surface area contributed by atoms with Crippen LogP contribution in [-0.2, 0) is 11.3 Å². The topological polar surface area (TPSA) is 57.4 Å². The third kappa shape index (κ3) is 2.11. The molecule has 0 saturated carbocycles. The Bertz CT molecular complexity index is 335. The van der Waals surface area contributed by atoms with Gasteiger partial charge in [-0.25, -0.2) is 4.98 Å². The summed E-state index contributed by atoms with van der Waals surface area (Å²) in [4.78, 5) is 4.25. The van der Waals surface area contributed by atoms with Crippen molar-refractivity contribution in [2.24, 2.45) is 5.73 Å². The van der Waals surface area contributed by atoms with Crippen molar-refractivity contribution in [3.63, 3.8) is 0 Å². The molecule has 1 aliphatic heterocycles. The van der Waals surface area contributed by atoms with E-state index in [4.69, 9.17) is 15.2 Å². The van der Waals surface area contributed by atoms with Gasteiger partial charge in [0.05, 0.1) is 13.7 Å². The van der Waals surface area contributed by atoms with Crippen molar-refractivity contribution in [3.05, 3.63) is 23.4 Å². The smallest absolute Gasteiger partial charge is 0.217 e. The Morgan fingerprint density at radius 1 is 1.67 bits per heavy atom. The molecule has 1 atom stereocenters. The van der Waals surface area contributed by atoms with Crippen LogP contribution in [0.4, 0.5) is 0 Å². The molecule has 82 valence electrons. The Hall–Kier alpha value is -1.13. The molecule has 2 heterocycles. The summed E-state index contributed by atoms with van der Waals surface area (Å²) in [5, 5.41) is 0. The van der Waals surface area contributed by atoms with E-state index < -0.39 is 0 Å². The number of rotatable bonds is 3. The lowest BCUT2D eigenvalue weighted by Gasteiger charge is -2.11. The molecule has 0 radical (unpaired) electrons. The fourth-order valence-electron chi connectivity index (χ4n) is 1.87. The highest BCUT2D eigenvalue weighted by Crippen LogP contribution is 2.27. The highest BCUT2D eigenvalue weighted by atomic mass is 16.5. The molecule has 15 heavy (non-hydrogen) atoms. The predicted molar refractivity (Wildman–Crippen MR) is 56.9 cm³/mol. The van der Waals surface area contributed by atoms with Crippen LogP contribution in [0.15, 0.2) is 12.3 Å². The number of nitrogens with two attached hydrogens (primary N) is 1. The molecule has 1 aromatic rings. The minimum absolute atomic E-state index is 0.456. The third-order valence-corrected chi connectivity index (χ3v) is 2.76. The summed E-state index contributed by atoms with van der Waals surface area (Å²) in [6.07, 6.45) is 2.93. The molecule has 2 N–H and O–H groups in total. The molecule has 2 rings (SSSR count). The van der Waals surface area contributed by atoms with Gasteiger partial charge in [-0.05, 0) is 18.1 Å². The quantitative estimate of drug-likeness (QED) is 0.806. The van der Waals surface area contributed by atoms with Crippen molar-refractivity contribution in [3.8, 4) is 5.88 Å². The van der Waals surface area contributed by atoms with Gasteiger partial charge in [-0.3, -0.25) is 0 Å². The van der Waals surface area contributed by atoms with Gasteiger partial charge in [-0.15, -0.1) is 0 Å². The minimum atomic E-state index is 0.456. The summed E-state index contributed by atoms with van der Waals surface area (Å²) in [6.45, 7) is 2.09. The highest BCUT2D eigenvalue weighted by Gasteiger charge is 2.19. The van der Waals surface area contributed by atoms with Crippen LogP contribution in [0.2, 0.25) is 0 Å². The van der Waals surface area contributed by atoms with Crippen LogP contribution in [0.25, 0.3) is 0 Å². The SMILES string of the molecule is COc1ncc(C2CCOC2)cc1CN. The van der Waals surface area contributed by atoms with E-state index in [1.54, 1.807) is 7.11 Å². The number of hydrogen-bond acceptors (Lipinski definition) is 4. The van der Waals surface area contributed by atoms with Crippen molar-refractivity contribution in [1.29, 1.82) is 0 Å². The van der Waals surface area contributed by atoms with Gasteiger partial charge in [0.25, 0.3) is 0 Å². The average Bonchev–Trinajstić information content (AvgIpc) is 2.81. The second kappa shape index (κ2) is 4.59. The van der Waals surface area contributed by atoms with E-state index >= 15 is 0 Å². The van der Waals surface area contributed by atoms with Crippen LogP contribution in [0.3, 0.4) is 0 Å². The van der Waals surface area contributed by atoms with E-state index in [1.165, 1.54) is 5.56 Å². The second-order valence-electron chi connectivity index (χ2n) is 3.70.